The van der Waals surface area contributed by atoms with Gasteiger partial charge in [0.2, 0.25) is 5.91 Å². The number of nitrogens with one attached hydrogen (secondary N) is 1. The number of hydrogen-bond donors (Lipinski definition) is 1. The first-order valence-corrected chi connectivity index (χ1v) is 9.29. The van der Waals surface area contributed by atoms with Crippen molar-refractivity contribution in [2.45, 2.75) is 6.92 Å². The first-order valence-electron chi connectivity index (χ1n) is 9.29. The van der Waals surface area contributed by atoms with Gasteiger partial charge in [0.05, 0.1) is 11.9 Å². The summed E-state index contributed by atoms with van der Waals surface area (Å²) in [5.41, 5.74) is 5.70. The Hall–Kier alpha value is -3.99. The van der Waals surface area contributed by atoms with Crippen LogP contribution in [0.15, 0.2) is 91.5 Å². The minimum absolute atomic E-state index is 0.188. The molecule has 0 saturated carbocycles. The normalized spacial score (nSPS) is 10.9. The van der Waals surface area contributed by atoms with E-state index in [4.69, 9.17) is 0 Å². The SMILES string of the molecule is Cc1ccc(-c2ccncc2)cc1NC(=O)/C=C\c1cnn(-c2ccccc2)c1. The van der Waals surface area contributed by atoms with Gasteiger partial charge in [-0.3, -0.25) is 9.78 Å². The molecular formula is C24H20N4O. The average Bonchev–Trinajstić information content (AvgIpc) is 3.24. The molecule has 0 radical (unpaired) electrons. The van der Waals surface area contributed by atoms with Gasteiger partial charge in [-0.15, -0.1) is 0 Å². The van der Waals surface area contributed by atoms with E-state index in [2.05, 4.69) is 15.4 Å². The molecular weight excluding hydrogens is 360 g/mol. The van der Waals surface area contributed by atoms with E-state index in [1.54, 1.807) is 29.3 Å². The highest BCUT2D eigenvalue weighted by molar-refractivity contribution is 6.02. The minimum Gasteiger partial charge on any atom is -0.322 e. The molecule has 2 heterocycles. The topological polar surface area (TPSA) is 59.8 Å². The summed E-state index contributed by atoms with van der Waals surface area (Å²) in [4.78, 5) is 16.5. The molecule has 1 amide bonds. The Morgan fingerprint density at radius 1 is 1.00 bits per heavy atom. The van der Waals surface area contributed by atoms with E-state index in [9.17, 15) is 4.79 Å². The maximum Gasteiger partial charge on any atom is 0.248 e. The highest BCUT2D eigenvalue weighted by Crippen LogP contribution is 2.25. The molecule has 142 valence electrons. The van der Waals surface area contributed by atoms with Crippen LogP contribution in [0.25, 0.3) is 22.9 Å². The summed E-state index contributed by atoms with van der Waals surface area (Å²) < 4.78 is 1.78. The third kappa shape index (κ3) is 4.47. The molecule has 2 aromatic heterocycles. The molecule has 0 aliphatic heterocycles. The number of benzene rings is 2. The maximum atomic E-state index is 12.4. The molecule has 5 heteroatoms. The number of aromatic nitrogens is 3. The Balaban J connectivity index is 1.47. The van der Waals surface area contributed by atoms with E-state index in [1.807, 2.05) is 73.8 Å². The standard InChI is InChI=1S/C24H20N4O/c1-18-7-9-21(20-11-13-25-14-12-20)15-23(18)27-24(29)10-8-19-16-26-28(17-19)22-5-3-2-4-6-22/h2-17H,1H3,(H,27,29)/b10-8-. The quantitative estimate of drug-likeness (QED) is 0.501. The zero-order chi connectivity index (χ0) is 20.1. The van der Waals surface area contributed by atoms with Crippen molar-refractivity contribution in [2.75, 3.05) is 5.32 Å². The summed E-state index contributed by atoms with van der Waals surface area (Å²) in [5, 5.41) is 7.30. The lowest BCUT2D eigenvalue weighted by Gasteiger charge is -2.09. The van der Waals surface area contributed by atoms with Crippen LogP contribution in [0.5, 0.6) is 0 Å². The van der Waals surface area contributed by atoms with E-state index in [1.165, 1.54) is 6.08 Å². The van der Waals surface area contributed by atoms with Crippen molar-refractivity contribution in [2.24, 2.45) is 0 Å². The highest BCUT2D eigenvalue weighted by Gasteiger charge is 2.05. The predicted molar refractivity (Wildman–Crippen MR) is 116 cm³/mol. The first-order chi connectivity index (χ1) is 14.2. The maximum absolute atomic E-state index is 12.4. The predicted octanol–water partition coefficient (Wildman–Crippen LogP) is 4.89. The van der Waals surface area contributed by atoms with Gasteiger partial charge in [0.15, 0.2) is 0 Å². The van der Waals surface area contributed by atoms with Gasteiger partial charge in [0.1, 0.15) is 0 Å². The monoisotopic (exact) mass is 380 g/mol. The number of nitrogens with zero attached hydrogens (tertiary/aromatic N) is 3. The molecule has 0 spiro atoms. The first kappa shape index (κ1) is 18.4. The van der Waals surface area contributed by atoms with Crippen LogP contribution >= 0.6 is 0 Å². The van der Waals surface area contributed by atoms with Crippen LogP contribution < -0.4 is 5.32 Å². The molecule has 0 saturated heterocycles. The van der Waals surface area contributed by atoms with Crippen LogP contribution in [0.4, 0.5) is 5.69 Å². The minimum atomic E-state index is -0.188. The van der Waals surface area contributed by atoms with Crippen molar-refractivity contribution < 1.29 is 4.79 Å². The van der Waals surface area contributed by atoms with Gasteiger partial charge in [-0.25, -0.2) is 4.68 Å². The third-order valence-corrected chi connectivity index (χ3v) is 4.56. The fourth-order valence-corrected chi connectivity index (χ4v) is 2.97. The fourth-order valence-electron chi connectivity index (χ4n) is 2.97. The molecule has 5 nitrogen and oxygen atoms in total. The lowest BCUT2D eigenvalue weighted by molar-refractivity contribution is -0.111. The molecule has 1 N–H and O–H groups in total. The molecule has 0 atom stereocenters. The lowest BCUT2D eigenvalue weighted by atomic mass is 10.0. The van der Waals surface area contributed by atoms with Gasteiger partial charge >= 0.3 is 0 Å². The van der Waals surface area contributed by atoms with Crippen LogP contribution in [-0.4, -0.2) is 20.7 Å². The van der Waals surface area contributed by atoms with E-state index in [0.29, 0.717) is 0 Å². The molecule has 0 bridgehead atoms. The molecule has 0 aliphatic carbocycles. The Morgan fingerprint density at radius 2 is 1.79 bits per heavy atom. The molecule has 4 aromatic rings. The zero-order valence-electron chi connectivity index (χ0n) is 16.0. The van der Waals surface area contributed by atoms with Gasteiger partial charge in [-0.1, -0.05) is 30.3 Å². The second-order valence-corrected chi connectivity index (χ2v) is 6.64. The third-order valence-electron chi connectivity index (χ3n) is 4.56. The lowest BCUT2D eigenvalue weighted by Crippen LogP contribution is -2.09. The second kappa shape index (κ2) is 8.35. The summed E-state index contributed by atoms with van der Waals surface area (Å²) in [6, 6.07) is 19.7. The number of anilines is 1. The number of pyridine rings is 1. The zero-order valence-corrected chi connectivity index (χ0v) is 16.0. The van der Waals surface area contributed by atoms with Crippen LogP contribution in [0.3, 0.4) is 0 Å². The van der Waals surface area contributed by atoms with Crippen molar-refractivity contribution in [3.8, 4) is 16.8 Å². The van der Waals surface area contributed by atoms with Crippen molar-refractivity contribution in [1.82, 2.24) is 14.8 Å². The number of carbonyl (C=O) groups is 1. The van der Waals surface area contributed by atoms with Gasteiger partial charge in [-0.05, 0) is 60.0 Å². The fraction of sp³-hybridized carbons (Fsp3) is 0.0417. The van der Waals surface area contributed by atoms with Gasteiger partial charge in [-0.2, -0.15) is 5.10 Å². The Labute approximate surface area is 169 Å². The summed E-state index contributed by atoms with van der Waals surface area (Å²) >= 11 is 0. The Morgan fingerprint density at radius 3 is 2.59 bits per heavy atom. The summed E-state index contributed by atoms with van der Waals surface area (Å²) in [7, 11) is 0. The number of carbonyl (C=O) groups excluding carboxylic acids is 1. The van der Waals surface area contributed by atoms with Gasteiger partial charge in [0.25, 0.3) is 0 Å². The molecule has 4 rings (SSSR count). The summed E-state index contributed by atoms with van der Waals surface area (Å²) in [5.74, 6) is -0.188. The van der Waals surface area contributed by atoms with Crippen molar-refractivity contribution in [3.05, 3.63) is 103 Å². The van der Waals surface area contributed by atoms with Crippen LogP contribution in [0.1, 0.15) is 11.1 Å². The van der Waals surface area contributed by atoms with E-state index in [-0.39, 0.29) is 5.91 Å². The number of amides is 1. The second-order valence-electron chi connectivity index (χ2n) is 6.64. The molecule has 0 unspecified atom stereocenters. The summed E-state index contributed by atoms with van der Waals surface area (Å²) in [6.45, 7) is 1.97. The van der Waals surface area contributed by atoms with Crippen LogP contribution in [0, 0.1) is 6.92 Å². The Bertz CT molecular complexity index is 1150. The van der Waals surface area contributed by atoms with Crippen molar-refractivity contribution >= 4 is 17.7 Å². The largest absolute Gasteiger partial charge is 0.322 e. The van der Waals surface area contributed by atoms with Gasteiger partial charge in [0, 0.05) is 35.9 Å². The number of para-hydroxylation sites is 1. The molecule has 0 aliphatic rings. The van der Waals surface area contributed by atoms with Gasteiger partial charge < -0.3 is 5.32 Å². The highest BCUT2D eigenvalue weighted by atomic mass is 16.1. The van der Waals surface area contributed by atoms with Crippen molar-refractivity contribution in [1.29, 1.82) is 0 Å². The van der Waals surface area contributed by atoms with Crippen LogP contribution in [0.2, 0.25) is 0 Å². The van der Waals surface area contributed by atoms with E-state index in [0.717, 1.165) is 33.6 Å². The molecule has 0 fully saturated rings. The summed E-state index contributed by atoms with van der Waals surface area (Å²) in [6.07, 6.45) is 10.4. The van der Waals surface area contributed by atoms with Crippen molar-refractivity contribution in [3.63, 3.8) is 0 Å². The average molecular weight is 380 g/mol. The molecule has 29 heavy (non-hydrogen) atoms. The number of hydrogen-bond acceptors (Lipinski definition) is 3. The van der Waals surface area contributed by atoms with E-state index >= 15 is 0 Å². The van der Waals surface area contributed by atoms with Crippen LogP contribution in [-0.2, 0) is 4.79 Å². The number of rotatable bonds is 5. The smallest absolute Gasteiger partial charge is 0.248 e. The Kier molecular flexibility index (Phi) is 5.29. The number of aryl methyl sites for hydroxylation is 1. The van der Waals surface area contributed by atoms with E-state index < -0.39 is 0 Å². The molecule has 2 aromatic carbocycles.